The molecule has 74 valence electrons. The third-order valence-corrected chi connectivity index (χ3v) is 1.72. The number of carboxylic acids is 1. The summed E-state index contributed by atoms with van der Waals surface area (Å²) in [7, 11) is -2.03. The maximum atomic E-state index is 10.5. The molecule has 0 saturated heterocycles. The summed E-state index contributed by atoms with van der Waals surface area (Å²) in [6, 6.07) is 3.67. The van der Waals surface area contributed by atoms with Crippen molar-refractivity contribution in [2.24, 2.45) is 0 Å². The van der Waals surface area contributed by atoms with E-state index in [0.29, 0.717) is 0 Å². The maximum absolute atomic E-state index is 10.5. The van der Waals surface area contributed by atoms with Crippen LogP contribution in [-0.4, -0.2) is 28.4 Å². The van der Waals surface area contributed by atoms with Crippen molar-refractivity contribution in [1.29, 1.82) is 0 Å². The molecule has 0 atom stereocenters. The lowest BCUT2D eigenvalue weighted by Gasteiger charge is -2.07. The normalized spacial score (nSPS) is 9.64. The number of carboxylic acid groups (broad SMARTS) is 1. The SMILES string of the molecule is O=C(O)c1ccc(Cl)c(OB(O)O)c1. The lowest BCUT2D eigenvalue weighted by molar-refractivity contribution is 0.0696. The van der Waals surface area contributed by atoms with Gasteiger partial charge in [0.05, 0.1) is 10.6 Å². The summed E-state index contributed by atoms with van der Waals surface area (Å²) >= 11 is 5.60. The molecule has 1 aromatic carbocycles. The first-order valence-electron chi connectivity index (χ1n) is 3.56. The molecule has 3 N–H and O–H groups in total. The summed E-state index contributed by atoms with van der Waals surface area (Å²) in [5.41, 5.74) is -0.0509. The number of benzene rings is 1. The van der Waals surface area contributed by atoms with E-state index < -0.39 is 13.3 Å². The Hall–Kier alpha value is -1.24. The van der Waals surface area contributed by atoms with E-state index in [1.165, 1.54) is 12.1 Å². The molecule has 5 nitrogen and oxygen atoms in total. The van der Waals surface area contributed by atoms with Crippen LogP contribution in [0, 0.1) is 0 Å². The Morgan fingerprint density at radius 2 is 2.07 bits per heavy atom. The summed E-state index contributed by atoms with van der Waals surface area (Å²) in [5, 5.41) is 25.7. The van der Waals surface area contributed by atoms with Crippen LogP contribution in [-0.2, 0) is 0 Å². The quantitative estimate of drug-likeness (QED) is 0.636. The largest absolute Gasteiger partial charge is 0.707 e. The molecular weight excluding hydrogens is 210 g/mol. The molecule has 0 saturated carbocycles. The Morgan fingerprint density at radius 3 is 2.57 bits per heavy atom. The van der Waals surface area contributed by atoms with Gasteiger partial charge < -0.3 is 19.8 Å². The topological polar surface area (TPSA) is 87.0 Å². The van der Waals surface area contributed by atoms with Crippen LogP contribution in [0.2, 0.25) is 5.02 Å². The molecule has 1 rings (SSSR count). The van der Waals surface area contributed by atoms with Crippen LogP contribution in [0.25, 0.3) is 0 Å². The average molecular weight is 216 g/mol. The molecule has 0 spiro atoms. The fourth-order valence-electron chi connectivity index (χ4n) is 0.840. The number of aromatic carboxylic acids is 1. The molecule has 0 aromatic heterocycles. The minimum absolute atomic E-state index is 0.0509. The number of hydrogen-bond acceptors (Lipinski definition) is 4. The van der Waals surface area contributed by atoms with Gasteiger partial charge in [-0.15, -0.1) is 0 Å². The Balaban J connectivity index is 3.02. The number of halogens is 1. The van der Waals surface area contributed by atoms with Gasteiger partial charge in [-0.05, 0) is 18.2 Å². The van der Waals surface area contributed by atoms with E-state index in [-0.39, 0.29) is 16.3 Å². The van der Waals surface area contributed by atoms with Gasteiger partial charge in [0, 0.05) is 0 Å². The van der Waals surface area contributed by atoms with Crippen LogP contribution < -0.4 is 4.65 Å². The third-order valence-electron chi connectivity index (χ3n) is 1.41. The van der Waals surface area contributed by atoms with Gasteiger partial charge in [-0.1, -0.05) is 11.6 Å². The molecule has 0 unspecified atom stereocenters. The van der Waals surface area contributed by atoms with Crippen molar-refractivity contribution in [2.45, 2.75) is 0 Å². The van der Waals surface area contributed by atoms with Crippen molar-refractivity contribution in [3.8, 4) is 5.75 Å². The first kappa shape index (κ1) is 10.8. The second-order valence-corrected chi connectivity index (χ2v) is 2.80. The van der Waals surface area contributed by atoms with Crippen LogP contribution in [0.4, 0.5) is 0 Å². The van der Waals surface area contributed by atoms with Crippen LogP contribution in [0.3, 0.4) is 0 Å². The van der Waals surface area contributed by atoms with Gasteiger partial charge in [0.1, 0.15) is 5.75 Å². The molecule has 7 heteroatoms. The zero-order chi connectivity index (χ0) is 10.7. The molecule has 14 heavy (non-hydrogen) atoms. The second kappa shape index (κ2) is 4.32. The first-order chi connectivity index (χ1) is 6.50. The fraction of sp³-hybridized carbons (Fsp3) is 0. The summed E-state index contributed by atoms with van der Waals surface area (Å²) in [4.78, 5) is 10.5. The van der Waals surface area contributed by atoms with E-state index in [9.17, 15) is 4.79 Å². The van der Waals surface area contributed by atoms with E-state index in [2.05, 4.69) is 4.65 Å². The lowest BCUT2D eigenvalue weighted by Crippen LogP contribution is -2.20. The molecule has 0 amide bonds. The van der Waals surface area contributed by atoms with Gasteiger partial charge in [0.2, 0.25) is 0 Å². The summed E-state index contributed by atoms with van der Waals surface area (Å²) in [6.45, 7) is 0. The third kappa shape index (κ3) is 2.63. The molecule has 0 aliphatic heterocycles. The highest BCUT2D eigenvalue weighted by Crippen LogP contribution is 2.25. The van der Waals surface area contributed by atoms with E-state index in [0.717, 1.165) is 6.07 Å². The lowest BCUT2D eigenvalue weighted by atomic mass is 10.2. The van der Waals surface area contributed by atoms with Crippen LogP contribution in [0.5, 0.6) is 5.75 Å². The van der Waals surface area contributed by atoms with Crippen molar-refractivity contribution in [3.63, 3.8) is 0 Å². The van der Waals surface area contributed by atoms with Crippen molar-refractivity contribution in [2.75, 3.05) is 0 Å². The van der Waals surface area contributed by atoms with Crippen molar-refractivity contribution >= 4 is 24.9 Å². The van der Waals surface area contributed by atoms with Gasteiger partial charge in [0.25, 0.3) is 0 Å². The van der Waals surface area contributed by atoms with E-state index in [1.54, 1.807) is 0 Å². The second-order valence-electron chi connectivity index (χ2n) is 2.39. The van der Waals surface area contributed by atoms with E-state index in [1.807, 2.05) is 0 Å². The minimum atomic E-state index is -2.03. The highest BCUT2D eigenvalue weighted by Gasteiger charge is 2.15. The van der Waals surface area contributed by atoms with Gasteiger partial charge in [-0.3, -0.25) is 0 Å². The van der Waals surface area contributed by atoms with Crippen molar-refractivity contribution in [1.82, 2.24) is 0 Å². The summed E-state index contributed by atoms with van der Waals surface area (Å²) in [5.74, 6) is -1.25. The molecular formula is C7H6BClO5. The summed E-state index contributed by atoms with van der Waals surface area (Å²) in [6.07, 6.45) is 0. The predicted molar refractivity (Wildman–Crippen MR) is 49.2 cm³/mol. The Kier molecular flexibility index (Phi) is 3.35. The van der Waals surface area contributed by atoms with Crippen molar-refractivity contribution < 1.29 is 24.6 Å². The number of rotatable bonds is 3. The standard InChI is InChI=1S/C7H6BClO5/c9-5-2-1-4(7(10)11)3-6(5)14-8(12)13/h1-3,12-13H,(H,10,11). The average Bonchev–Trinajstić information content (AvgIpc) is 2.07. The van der Waals surface area contributed by atoms with Crippen LogP contribution in [0.1, 0.15) is 10.4 Å². The van der Waals surface area contributed by atoms with Gasteiger partial charge in [-0.2, -0.15) is 0 Å². The molecule has 0 fully saturated rings. The smallest absolute Gasteiger partial charge is 0.511 e. The summed E-state index contributed by atoms with van der Waals surface area (Å²) < 4.78 is 4.45. The number of carbonyl (C=O) groups is 1. The predicted octanol–water partition coefficient (Wildman–Crippen LogP) is 0.386. The minimum Gasteiger partial charge on any atom is -0.511 e. The fourth-order valence-corrected chi connectivity index (χ4v) is 1.00. The van der Waals surface area contributed by atoms with Crippen LogP contribution >= 0.6 is 11.6 Å². The highest BCUT2D eigenvalue weighted by molar-refractivity contribution is 6.36. The van der Waals surface area contributed by atoms with E-state index in [4.69, 9.17) is 26.8 Å². The van der Waals surface area contributed by atoms with Gasteiger partial charge in [0.15, 0.2) is 0 Å². The zero-order valence-corrected chi connectivity index (χ0v) is 7.60. The van der Waals surface area contributed by atoms with Gasteiger partial charge >= 0.3 is 13.3 Å². The molecule has 0 aliphatic carbocycles. The van der Waals surface area contributed by atoms with Crippen molar-refractivity contribution in [3.05, 3.63) is 28.8 Å². The first-order valence-corrected chi connectivity index (χ1v) is 3.94. The monoisotopic (exact) mass is 216 g/mol. The molecule has 0 aliphatic rings. The molecule has 0 heterocycles. The zero-order valence-electron chi connectivity index (χ0n) is 6.85. The Bertz CT molecular complexity index is 354. The van der Waals surface area contributed by atoms with Crippen LogP contribution in [0.15, 0.2) is 18.2 Å². The number of hydrogen-bond donors (Lipinski definition) is 3. The highest BCUT2D eigenvalue weighted by atomic mass is 35.5. The maximum Gasteiger partial charge on any atom is 0.707 e. The molecule has 0 radical (unpaired) electrons. The Labute approximate surface area is 84.7 Å². The molecule has 1 aromatic rings. The van der Waals surface area contributed by atoms with E-state index >= 15 is 0 Å². The van der Waals surface area contributed by atoms with Gasteiger partial charge in [-0.25, -0.2) is 4.79 Å². The molecule has 0 bridgehead atoms. The Morgan fingerprint density at radius 1 is 1.43 bits per heavy atom.